The number of rotatable bonds is 3. The third kappa shape index (κ3) is 1.95. The van der Waals surface area contributed by atoms with E-state index in [0.29, 0.717) is 18.0 Å². The summed E-state index contributed by atoms with van der Waals surface area (Å²) in [6.07, 6.45) is 1.36. The summed E-state index contributed by atoms with van der Waals surface area (Å²) in [6, 6.07) is 0.463. The highest BCUT2D eigenvalue weighted by molar-refractivity contribution is 5.22. The van der Waals surface area contributed by atoms with Crippen molar-refractivity contribution in [1.29, 1.82) is 0 Å². The molecule has 2 atom stereocenters. The van der Waals surface area contributed by atoms with Gasteiger partial charge in [0.1, 0.15) is 0 Å². The average molecular weight is 198 g/mol. The molecule has 6 heteroatoms. The van der Waals surface area contributed by atoms with E-state index >= 15 is 0 Å². The van der Waals surface area contributed by atoms with Gasteiger partial charge in [0, 0.05) is 19.1 Å². The Labute approximate surface area is 81.8 Å². The number of anilines is 2. The van der Waals surface area contributed by atoms with Gasteiger partial charge in [0.25, 0.3) is 0 Å². The van der Waals surface area contributed by atoms with Crippen molar-refractivity contribution >= 4 is 12.0 Å². The van der Waals surface area contributed by atoms with Gasteiger partial charge in [-0.1, -0.05) is 10.2 Å². The number of hydrogen-bond acceptors (Lipinski definition) is 6. The van der Waals surface area contributed by atoms with Gasteiger partial charge in [0.2, 0.25) is 0 Å². The molecule has 6 nitrogen and oxygen atoms in total. The lowest BCUT2D eigenvalue weighted by Gasteiger charge is -2.12. The van der Waals surface area contributed by atoms with Crippen molar-refractivity contribution in [1.82, 2.24) is 10.2 Å². The Balaban J connectivity index is 1.82. The molecule has 2 unspecified atom stereocenters. The summed E-state index contributed by atoms with van der Waals surface area (Å²) in [5.74, 6) is 0.503. The molecule has 2 rings (SSSR count). The molecule has 1 fully saturated rings. The molecule has 2 heterocycles. The maximum absolute atomic E-state index is 5.43. The quantitative estimate of drug-likeness (QED) is 0.735. The van der Waals surface area contributed by atoms with E-state index in [1.807, 2.05) is 0 Å². The van der Waals surface area contributed by atoms with Crippen molar-refractivity contribution in [3.63, 3.8) is 0 Å². The van der Waals surface area contributed by atoms with Gasteiger partial charge < -0.3 is 20.2 Å². The van der Waals surface area contributed by atoms with Crippen LogP contribution in [0.1, 0.15) is 13.3 Å². The van der Waals surface area contributed by atoms with E-state index < -0.39 is 0 Å². The van der Waals surface area contributed by atoms with Crippen molar-refractivity contribution in [3.8, 4) is 0 Å². The van der Waals surface area contributed by atoms with Crippen LogP contribution in [0.3, 0.4) is 0 Å². The number of aromatic nitrogens is 2. The van der Waals surface area contributed by atoms with Crippen molar-refractivity contribution in [2.45, 2.75) is 19.4 Å². The number of ether oxygens (including phenoxy) is 1. The molecule has 14 heavy (non-hydrogen) atoms. The van der Waals surface area contributed by atoms with Crippen LogP contribution in [-0.2, 0) is 4.74 Å². The molecule has 0 aromatic carbocycles. The van der Waals surface area contributed by atoms with Gasteiger partial charge in [-0.05, 0) is 13.3 Å². The maximum atomic E-state index is 5.43. The van der Waals surface area contributed by atoms with E-state index in [-0.39, 0.29) is 6.01 Å². The fraction of sp³-hybridized carbons (Fsp3) is 0.750. The first-order valence-electron chi connectivity index (χ1n) is 4.70. The second-order valence-electron chi connectivity index (χ2n) is 3.45. The smallest absolute Gasteiger partial charge is 0.316 e. The Morgan fingerprint density at radius 2 is 2.43 bits per heavy atom. The Hall–Kier alpha value is -1.30. The molecule has 1 aromatic rings. The summed E-state index contributed by atoms with van der Waals surface area (Å²) in [6.45, 7) is 3.68. The molecule has 78 valence electrons. The van der Waals surface area contributed by atoms with Crippen molar-refractivity contribution in [2.24, 2.45) is 5.92 Å². The average Bonchev–Trinajstić information content (AvgIpc) is 2.72. The van der Waals surface area contributed by atoms with Crippen LogP contribution in [0, 0.1) is 5.92 Å². The number of nitrogen functional groups attached to an aromatic ring is 1. The highest BCUT2D eigenvalue weighted by Gasteiger charge is 2.24. The van der Waals surface area contributed by atoms with Crippen LogP contribution in [0.4, 0.5) is 12.0 Å². The molecule has 3 N–H and O–H groups in total. The van der Waals surface area contributed by atoms with Crippen molar-refractivity contribution in [3.05, 3.63) is 0 Å². The normalized spacial score (nSPS) is 26.6. The van der Waals surface area contributed by atoms with Gasteiger partial charge in [-0.15, -0.1) is 0 Å². The molecule has 1 aliphatic heterocycles. The number of nitrogens with two attached hydrogens (primary N) is 1. The predicted molar refractivity (Wildman–Crippen MR) is 50.7 cm³/mol. The van der Waals surface area contributed by atoms with Crippen LogP contribution < -0.4 is 11.1 Å². The largest absolute Gasteiger partial charge is 0.390 e. The SMILES string of the molecule is CC1OCCC1CNc1nnc(N)o1. The minimum absolute atomic E-state index is 0.0863. The monoisotopic (exact) mass is 198 g/mol. The van der Waals surface area contributed by atoms with Gasteiger partial charge in [0.15, 0.2) is 0 Å². The minimum atomic E-state index is 0.0863. The molecule has 1 aromatic heterocycles. The van der Waals surface area contributed by atoms with E-state index in [4.69, 9.17) is 14.9 Å². The highest BCUT2D eigenvalue weighted by Crippen LogP contribution is 2.20. The summed E-state index contributed by atoms with van der Waals surface area (Å²) in [5, 5.41) is 10.3. The zero-order chi connectivity index (χ0) is 9.97. The molecule has 0 amide bonds. The minimum Gasteiger partial charge on any atom is -0.390 e. The third-order valence-electron chi connectivity index (χ3n) is 2.49. The molecule has 0 spiro atoms. The second-order valence-corrected chi connectivity index (χ2v) is 3.45. The van der Waals surface area contributed by atoms with E-state index in [2.05, 4.69) is 22.4 Å². The van der Waals surface area contributed by atoms with Gasteiger partial charge in [0.05, 0.1) is 6.10 Å². The zero-order valence-electron chi connectivity index (χ0n) is 8.06. The Bertz CT molecular complexity index is 301. The first kappa shape index (κ1) is 9.26. The summed E-state index contributed by atoms with van der Waals surface area (Å²) in [4.78, 5) is 0. The number of nitrogens with zero attached hydrogens (tertiary/aromatic N) is 2. The van der Waals surface area contributed by atoms with Crippen LogP contribution in [-0.4, -0.2) is 29.5 Å². The molecule has 1 aliphatic rings. The topological polar surface area (TPSA) is 86.2 Å². The van der Waals surface area contributed by atoms with Crippen LogP contribution in [0.2, 0.25) is 0 Å². The Kier molecular flexibility index (Phi) is 2.53. The molecule has 0 aliphatic carbocycles. The van der Waals surface area contributed by atoms with Gasteiger partial charge in [-0.2, -0.15) is 0 Å². The molecule has 0 bridgehead atoms. The molecule has 0 radical (unpaired) electrons. The molecular formula is C8H14N4O2. The fourth-order valence-corrected chi connectivity index (χ4v) is 1.57. The molecule has 1 saturated heterocycles. The van der Waals surface area contributed by atoms with Gasteiger partial charge in [-0.25, -0.2) is 0 Å². The standard InChI is InChI=1S/C8H14N4O2/c1-5-6(2-3-13-5)4-10-8-12-11-7(9)14-8/h5-6H,2-4H2,1H3,(H2,9,11)(H,10,12). The van der Waals surface area contributed by atoms with Crippen LogP contribution in [0.25, 0.3) is 0 Å². The van der Waals surface area contributed by atoms with E-state index in [1.54, 1.807) is 0 Å². The van der Waals surface area contributed by atoms with Crippen LogP contribution in [0.5, 0.6) is 0 Å². The van der Waals surface area contributed by atoms with Crippen molar-refractivity contribution < 1.29 is 9.15 Å². The van der Waals surface area contributed by atoms with E-state index in [9.17, 15) is 0 Å². The summed E-state index contributed by atoms with van der Waals surface area (Å²) in [7, 11) is 0. The first-order chi connectivity index (χ1) is 6.75. The Morgan fingerprint density at radius 3 is 3.00 bits per heavy atom. The molecule has 0 saturated carbocycles. The highest BCUT2D eigenvalue weighted by atomic mass is 16.5. The maximum Gasteiger partial charge on any atom is 0.316 e. The summed E-state index contributed by atoms with van der Waals surface area (Å²) >= 11 is 0. The fourth-order valence-electron chi connectivity index (χ4n) is 1.57. The van der Waals surface area contributed by atoms with Crippen LogP contribution >= 0.6 is 0 Å². The van der Waals surface area contributed by atoms with Gasteiger partial charge >= 0.3 is 12.0 Å². The lowest BCUT2D eigenvalue weighted by atomic mass is 10.0. The predicted octanol–water partition coefficient (Wildman–Crippen LogP) is 0.489. The third-order valence-corrected chi connectivity index (χ3v) is 2.49. The second kappa shape index (κ2) is 3.83. The lowest BCUT2D eigenvalue weighted by molar-refractivity contribution is 0.108. The van der Waals surface area contributed by atoms with Crippen LogP contribution in [0.15, 0.2) is 4.42 Å². The summed E-state index contributed by atoms with van der Waals surface area (Å²) in [5.41, 5.74) is 5.28. The van der Waals surface area contributed by atoms with Crippen molar-refractivity contribution in [2.75, 3.05) is 24.2 Å². The van der Waals surface area contributed by atoms with Gasteiger partial charge in [-0.3, -0.25) is 0 Å². The summed E-state index contributed by atoms with van der Waals surface area (Å²) < 4.78 is 10.4. The lowest BCUT2D eigenvalue weighted by Crippen LogP contribution is -2.20. The Morgan fingerprint density at radius 1 is 1.57 bits per heavy atom. The molecular weight excluding hydrogens is 184 g/mol. The zero-order valence-corrected chi connectivity index (χ0v) is 8.06. The van der Waals surface area contributed by atoms with E-state index in [0.717, 1.165) is 19.6 Å². The number of hydrogen-bond donors (Lipinski definition) is 2. The van der Waals surface area contributed by atoms with E-state index in [1.165, 1.54) is 0 Å². The first-order valence-corrected chi connectivity index (χ1v) is 4.70. The number of nitrogens with one attached hydrogen (secondary N) is 1.